The van der Waals surface area contributed by atoms with Crippen molar-refractivity contribution >= 4 is 29.2 Å². The Labute approximate surface area is 261 Å². The second kappa shape index (κ2) is 12.5. The van der Waals surface area contributed by atoms with E-state index in [1.54, 1.807) is 25.1 Å². The third-order valence-corrected chi connectivity index (χ3v) is 9.28. The van der Waals surface area contributed by atoms with E-state index in [1.807, 2.05) is 0 Å². The van der Waals surface area contributed by atoms with Crippen molar-refractivity contribution in [2.24, 2.45) is 5.92 Å². The van der Waals surface area contributed by atoms with Crippen LogP contribution in [0.4, 0.5) is 5.69 Å². The number of hydrogen-bond acceptors (Lipinski definition) is 8. The van der Waals surface area contributed by atoms with Crippen LogP contribution in [0, 0.1) is 19.8 Å². The zero-order chi connectivity index (χ0) is 32.5. The molecule has 2 heterocycles. The van der Waals surface area contributed by atoms with Crippen molar-refractivity contribution in [3.63, 3.8) is 0 Å². The molecule has 3 aromatic carbocycles. The SMILES string of the molecule is Cc1ccc(C(=O)[C@@](O)(C(=O)O)[C@](O)(C(=O)O)C(=O)c2ccc(C)cc2)cc1.c1cc2c3c(c1)C1CCCC1CN3CCNC2. The number of benzene rings is 3. The first kappa shape index (κ1) is 32.0. The van der Waals surface area contributed by atoms with Crippen molar-refractivity contribution in [1.82, 2.24) is 5.32 Å². The van der Waals surface area contributed by atoms with Gasteiger partial charge in [0, 0.05) is 43.0 Å². The zero-order valence-electron chi connectivity index (χ0n) is 25.3. The summed E-state index contributed by atoms with van der Waals surface area (Å²) in [4.78, 5) is 51.8. The van der Waals surface area contributed by atoms with E-state index in [2.05, 4.69) is 28.4 Å². The van der Waals surface area contributed by atoms with Gasteiger partial charge in [0.15, 0.2) is 0 Å². The molecule has 4 atom stereocenters. The first-order valence-corrected chi connectivity index (χ1v) is 15.1. The van der Waals surface area contributed by atoms with Crippen molar-refractivity contribution in [1.29, 1.82) is 0 Å². The maximum absolute atomic E-state index is 12.8. The molecule has 10 heteroatoms. The van der Waals surface area contributed by atoms with Crippen LogP contribution in [-0.4, -0.2) is 74.8 Å². The summed E-state index contributed by atoms with van der Waals surface area (Å²) < 4.78 is 0. The molecule has 3 aliphatic rings. The van der Waals surface area contributed by atoms with E-state index in [0.29, 0.717) is 11.1 Å². The molecule has 0 amide bonds. The molecular formula is C35H38N2O8. The lowest BCUT2D eigenvalue weighted by molar-refractivity contribution is -0.187. The van der Waals surface area contributed by atoms with Crippen LogP contribution in [0.1, 0.15) is 68.2 Å². The largest absolute Gasteiger partial charge is 0.479 e. The number of fused-ring (bicyclic) bond motifs is 2. The third-order valence-electron chi connectivity index (χ3n) is 9.28. The van der Waals surface area contributed by atoms with Gasteiger partial charge in [0.1, 0.15) is 0 Å². The molecule has 1 aliphatic carbocycles. The van der Waals surface area contributed by atoms with E-state index in [-0.39, 0.29) is 11.1 Å². The number of anilines is 1. The highest BCUT2D eigenvalue weighted by atomic mass is 16.5. The average molecular weight is 615 g/mol. The number of aryl methyl sites for hydroxylation is 2. The van der Waals surface area contributed by atoms with E-state index in [4.69, 9.17) is 0 Å². The van der Waals surface area contributed by atoms with E-state index < -0.39 is 34.7 Å². The standard InChI is InChI=1S/C20H18O8.C15H20N2/c1-11-3-7-13(8-4-11)15(21)19(27,17(23)24)20(28,18(25)26)16(22)14-9-5-12(2)6-10-14;1-3-11-9-16-7-8-17-10-12-4-2-5-13(12)14(6-1)15(11)17/h3-10,27-28H,1-2H3,(H,23,24)(H,25,26);1,3,6,12-13,16H,2,4-5,7-10H2/t19-,20-;/m1./s1. The van der Waals surface area contributed by atoms with Crippen LogP contribution in [0.5, 0.6) is 0 Å². The van der Waals surface area contributed by atoms with Gasteiger partial charge in [-0.1, -0.05) is 84.3 Å². The lowest BCUT2D eigenvalue weighted by atomic mass is 9.73. The van der Waals surface area contributed by atoms with E-state index in [0.717, 1.165) is 49.2 Å². The molecule has 236 valence electrons. The summed E-state index contributed by atoms with van der Waals surface area (Å²) in [5, 5.41) is 43.9. The lowest BCUT2D eigenvalue weighted by Gasteiger charge is -2.38. The Hall–Kier alpha value is -4.38. The van der Waals surface area contributed by atoms with Crippen molar-refractivity contribution < 1.29 is 39.6 Å². The van der Waals surface area contributed by atoms with Crippen LogP contribution in [0.15, 0.2) is 66.7 Å². The Morgan fingerprint density at radius 1 is 0.778 bits per heavy atom. The number of para-hydroxylation sites is 1. The number of nitrogens with zero attached hydrogens (tertiary/aromatic N) is 1. The van der Waals surface area contributed by atoms with Gasteiger partial charge in [-0.15, -0.1) is 0 Å². The summed E-state index contributed by atoms with van der Waals surface area (Å²) in [5.74, 6) is -6.22. The van der Waals surface area contributed by atoms with Gasteiger partial charge in [0.25, 0.3) is 11.2 Å². The number of carboxylic acid groups (broad SMARTS) is 2. The molecule has 5 N–H and O–H groups in total. The van der Waals surface area contributed by atoms with Gasteiger partial charge < -0.3 is 30.6 Å². The molecule has 1 fully saturated rings. The second-order valence-corrected chi connectivity index (χ2v) is 12.2. The molecule has 0 aromatic heterocycles. The molecule has 0 saturated heterocycles. The summed E-state index contributed by atoms with van der Waals surface area (Å²) in [6.45, 7) is 8.05. The van der Waals surface area contributed by atoms with Crippen LogP contribution in [-0.2, 0) is 16.1 Å². The van der Waals surface area contributed by atoms with Gasteiger partial charge in [-0.25, -0.2) is 9.59 Å². The molecule has 6 rings (SSSR count). The van der Waals surface area contributed by atoms with Gasteiger partial charge in [0.05, 0.1) is 0 Å². The highest BCUT2D eigenvalue weighted by Gasteiger charge is 2.69. The van der Waals surface area contributed by atoms with Crippen LogP contribution in [0.3, 0.4) is 0 Å². The number of carboxylic acids is 2. The Morgan fingerprint density at radius 3 is 1.82 bits per heavy atom. The number of rotatable bonds is 7. The molecule has 1 saturated carbocycles. The first-order valence-electron chi connectivity index (χ1n) is 15.1. The van der Waals surface area contributed by atoms with Crippen LogP contribution in [0.25, 0.3) is 0 Å². The minimum Gasteiger partial charge on any atom is -0.479 e. The number of ketones is 2. The maximum atomic E-state index is 12.8. The maximum Gasteiger partial charge on any atom is 0.348 e. The van der Waals surface area contributed by atoms with Gasteiger partial charge in [0.2, 0.25) is 11.6 Å². The average Bonchev–Trinajstić information content (AvgIpc) is 3.41. The highest BCUT2D eigenvalue weighted by molar-refractivity contribution is 6.28. The van der Waals surface area contributed by atoms with Crippen LogP contribution < -0.4 is 10.2 Å². The monoisotopic (exact) mass is 614 g/mol. The van der Waals surface area contributed by atoms with Crippen molar-refractivity contribution in [2.75, 3.05) is 24.5 Å². The van der Waals surface area contributed by atoms with E-state index in [9.17, 15) is 39.6 Å². The van der Waals surface area contributed by atoms with Gasteiger partial charge in [-0.3, -0.25) is 9.59 Å². The van der Waals surface area contributed by atoms with Crippen LogP contribution >= 0.6 is 0 Å². The second-order valence-electron chi connectivity index (χ2n) is 12.2. The Morgan fingerprint density at radius 2 is 1.31 bits per heavy atom. The molecule has 0 radical (unpaired) electrons. The number of aliphatic hydroxyl groups is 2. The number of aliphatic carboxylic acids is 2. The summed E-state index contributed by atoms with van der Waals surface area (Å²) in [6.07, 6.45) is 4.30. The summed E-state index contributed by atoms with van der Waals surface area (Å²) in [6, 6.07) is 17.3. The quantitative estimate of drug-likeness (QED) is 0.197. The topological polar surface area (TPSA) is 164 Å². The smallest absolute Gasteiger partial charge is 0.348 e. The fraction of sp³-hybridized carbons (Fsp3) is 0.371. The predicted molar refractivity (Wildman–Crippen MR) is 167 cm³/mol. The fourth-order valence-corrected chi connectivity index (χ4v) is 6.78. The Kier molecular flexibility index (Phi) is 8.93. The van der Waals surface area contributed by atoms with Gasteiger partial charge in [-0.05, 0) is 49.7 Å². The van der Waals surface area contributed by atoms with Gasteiger partial charge in [-0.2, -0.15) is 0 Å². The minimum atomic E-state index is -3.96. The van der Waals surface area contributed by atoms with E-state index >= 15 is 0 Å². The van der Waals surface area contributed by atoms with Crippen molar-refractivity contribution in [3.8, 4) is 0 Å². The fourth-order valence-electron chi connectivity index (χ4n) is 6.78. The zero-order valence-corrected chi connectivity index (χ0v) is 25.3. The molecule has 0 spiro atoms. The summed E-state index contributed by atoms with van der Waals surface area (Å²) in [5.41, 5.74) is -2.52. The van der Waals surface area contributed by atoms with Gasteiger partial charge >= 0.3 is 11.9 Å². The lowest BCUT2D eigenvalue weighted by Crippen LogP contribution is -2.71. The minimum absolute atomic E-state index is 0.383. The summed E-state index contributed by atoms with van der Waals surface area (Å²) >= 11 is 0. The van der Waals surface area contributed by atoms with Crippen LogP contribution in [0.2, 0.25) is 0 Å². The molecule has 45 heavy (non-hydrogen) atoms. The van der Waals surface area contributed by atoms with Crippen molar-refractivity contribution in [3.05, 3.63) is 100 Å². The number of nitrogens with one attached hydrogen (secondary N) is 1. The predicted octanol–water partition coefficient (Wildman–Crippen LogP) is 3.49. The van der Waals surface area contributed by atoms with E-state index in [1.165, 1.54) is 62.2 Å². The number of carbonyl (C=O) groups is 4. The number of Topliss-reactive ketones (excluding diaryl/α,β-unsaturated/α-hetero) is 2. The highest BCUT2D eigenvalue weighted by Crippen LogP contribution is 2.48. The summed E-state index contributed by atoms with van der Waals surface area (Å²) in [7, 11) is 0. The molecular weight excluding hydrogens is 576 g/mol. The molecule has 2 aliphatic heterocycles. The number of hydrogen-bond donors (Lipinski definition) is 5. The molecule has 0 bridgehead atoms. The first-order chi connectivity index (χ1) is 21.4. The molecule has 3 aromatic rings. The Balaban J connectivity index is 0.000000198. The normalized spacial score (nSPS) is 21.0. The number of carbonyl (C=O) groups excluding carboxylic acids is 2. The third kappa shape index (κ3) is 5.65. The molecule has 2 unspecified atom stereocenters. The molecule has 10 nitrogen and oxygen atoms in total. The van der Waals surface area contributed by atoms with Crippen molar-refractivity contribution in [2.45, 2.75) is 56.8 Å². The Bertz CT molecular complexity index is 1540.